The number of rotatable bonds is 3. The van der Waals surface area contributed by atoms with Gasteiger partial charge in [0.2, 0.25) is 0 Å². The van der Waals surface area contributed by atoms with Gasteiger partial charge in [0.15, 0.2) is 5.82 Å². The van der Waals surface area contributed by atoms with Crippen molar-refractivity contribution in [3.05, 3.63) is 34.6 Å². The minimum Gasteiger partial charge on any atom is -0.326 e. The average Bonchev–Trinajstić information content (AvgIpc) is 2.76. The van der Waals surface area contributed by atoms with E-state index in [9.17, 15) is 4.79 Å². The van der Waals surface area contributed by atoms with Crippen LogP contribution in [-0.4, -0.2) is 19.5 Å². The van der Waals surface area contributed by atoms with Crippen molar-refractivity contribution in [3.63, 3.8) is 0 Å². The summed E-state index contributed by atoms with van der Waals surface area (Å²) in [7, 11) is 0. The van der Waals surface area contributed by atoms with Gasteiger partial charge in [0.25, 0.3) is 5.56 Å². The molecular formula is C13H18N4O. The minimum absolute atomic E-state index is 0.125. The van der Waals surface area contributed by atoms with E-state index in [0.29, 0.717) is 5.82 Å². The zero-order valence-corrected chi connectivity index (χ0v) is 11.1. The van der Waals surface area contributed by atoms with Crippen molar-refractivity contribution in [3.8, 4) is 11.5 Å². The Kier molecular flexibility index (Phi) is 3.32. The van der Waals surface area contributed by atoms with Crippen LogP contribution in [0, 0.1) is 0 Å². The minimum atomic E-state index is -0.125. The van der Waals surface area contributed by atoms with Gasteiger partial charge >= 0.3 is 0 Å². The molecule has 0 aliphatic carbocycles. The summed E-state index contributed by atoms with van der Waals surface area (Å²) >= 11 is 0. The molecule has 0 fully saturated rings. The van der Waals surface area contributed by atoms with Crippen molar-refractivity contribution in [2.24, 2.45) is 0 Å². The molecule has 18 heavy (non-hydrogen) atoms. The molecule has 5 nitrogen and oxygen atoms in total. The number of aromatic amines is 1. The van der Waals surface area contributed by atoms with Crippen molar-refractivity contribution < 1.29 is 0 Å². The van der Waals surface area contributed by atoms with Crippen LogP contribution in [-0.2, 0) is 0 Å². The second-order valence-electron chi connectivity index (χ2n) is 4.95. The van der Waals surface area contributed by atoms with Gasteiger partial charge in [-0.25, -0.2) is 9.97 Å². The topological polar surface area (TPSA) is 63.6 Å². The van der Waals surface area contributed by atoms with Gasteiger partial charge in [0, 0.05) is 12.1 Å². The summed E-state index contributed by atoms with van der Waals surface area (Å²) in [5, 5.41) is 0. The lowest BCUT2D eigenvalue weighted by atomic mass is 10.1. The first-order valence-corrected chi connectivity index (χ1v) is 6.12. The summed E-state index contributed by atoms with van der Waals surface area (Å²) in [6.45, 7) is 8.17. The third-order valence-corrected chi connectivity index (χ3v) is 2.82. The van der Waals surface area contributed by atoms with E-state index in [-0.39, 0.29) is 17.5 Å². The molecule has 0 amide bonds. The fraction of sp³-hybridized carbons (Fsp3) is 0.462. The Bertz CT molecular complexity index is 595. The quantitative estimate of drug-likeness (QED) is 0.904. The van der Waals surface area contributed by atoms with E-state index in [1.54, 1.807) is 18.6 Å². The Balaban J connectivity index is 2.57. The molecule has 0 saturated heterocycles. The number of hydrogen-bond acceptors (Lipinski definition) is 3. The van der Waals surface area contributed by atoms with Gasteiger partial charge in [-0.1, -0.05) is 13.8 Å². The van der Waals surface area contributed by atoms with E-state index in [1.165, 1.54) is 0 Å². The van der Waals surface area contributed by atoms with Crippen LogP contribution in [0.4, 0.5) is 0 Å². The molecule has 0 aromatic carbocycles. The second-order valence-corrected chi connectivity index (χ2v) is 4.95. The molecule has 2 aromatic rings. The third kappa shape index (κ3) is 2.34. The largest absolute Gasteiger partial charge is 0.326 e. The Hall–Kier alpha value is -1.91. The molecule has 0 atom stereocenters. The average molecular weight is 246 g/mol. The van der Waals surface area contributed by atoms with Gasteiger partial charge < -0.3 is 9.55 Å². The van der Waals surface area contributed by atoms with Gasteiger partial charge in [-0.05, 0) is 19.8 Å². The molecule has 96 valence electrons. The molecule has 2 aromatic heterocycles. The van der Waals surface area contributed by atoms with Crippen molar-refractivity contribution >= 4 is 0 Å². The molecule has 0 bridgehead atoms. The molecular weight excluding hydrogens is 228 g/mol. The summed E-state index contributed by atoms with van der Waals surface area (Å²) < 4.78 is 1.99. The number of aromatic nitrogens is 4. The van der Waals surface area contributed by atoms with Gasteiger partial charge in [0.05, 0.1) is 18.2 Å². The van der Waals surface area contributed by atoms with Gasteiger partial charge in [-0.2, -0.15) is 0 Å². The number of hydrogen-bond donors (Lipinski definition) is 1. The maximum Gasteiger partial charge on any atom is 0.251 e. The first kappa shape index (κ1) is 12.5. The first-order chi connectivity index (χ1) is 8.49. The Morgan fingerprint density at radius 2 is 2.00 bits per heavy atom. The zero-order chi connectivity index (χ0) is 13.3. The molecule has 0 spiro atoms. The van der Waals surface area contributed by atoms with E-state index in [4.69, 9.17) is 0 Å². The van der Waals surface area contributed by atoms with Gasteiger partial charge in [0.1, 0.15) is 5.69 Å². The maximum atomic E-state index is 11.7. The van der Waals surface area contributed by atoms with E-state index >= 15 is 0 Å². The highest BCUT2D eigenvalue weighted by Crippen LogP contribution is 2.19. The Morgan fingerprint density at radius 3 is 2.61 bits per heavy atom. The van der Waals surface area contributed by atoms with Crippen LogP contribution in [0.3, 0.4) is 0 Å². The summed E-state index contributed by atoms with van der Waals surface area (Å²) in [5.41, 5.74) is 1.51. The molecule has 0 aliphatic heterocycles. The summed E-state index contributed by atoms with van der Waals surface area (Å²) in [6, 6.07) is 1.82. The van der Waals surface area contributed by atoms with Crippen molar-refractivity contribution in [2.45, 2.75) is 39.7 Å². The van der Waals surface area contributed by atoms with E-state index < -0.39 is 0 Å². The van der Waals surface area contributed by atoms with Crippen LogP contribution >= 0.6 is 0 Å². The zero-order valence-electron chi connectivity index (χ0n) is 11.1. The number of imidazole rings is 1. The van der Waals surface area contributed by atoms with Crippen molar-refractivity contribution in [1.82, 2.24) is 19.5 Å². The smallest absolute Gasteiger partial charge is 0.251 e. The van der Waals surface area contributed by atoms with Crippen LogP contribution in [0.25, 0.3) is 11.5 Å². The van der Waals surface area contributed by atoms with Crippen LogP contribution in [0.1, 0.15) is 45.3 Å². The summed E-state index contributed by atoms with van der Waals surface area (Å²) in [6.07, 6.45) is 3.48. The fourth-order valence-corrected chi connectivity index (χ4v) is 1.79. The third-order valence-electron chi connectivity index (χ3n) is 2.82. The number of H-pyrrole nitrogens is 1. The molecule has 2 heterocycles. The maximum absolute atomic E-state index is 11.7. The lowest BCUT2D eigenvalue weighted by Crippen LogP contribution is -2.13. The highest BCUT2D eigenvalue weighted by Gasteiger charge is 2.12. The Labute approximate surface area is 106 Å². The lowest BCUT2D eigenvalue weighted by Gasteiger charge is -2.12. The van der Waals surface area contributed by atoms with E-state index in [0.717, 1.165) is 11.4 Å². The molecule has 0 unspecified atom stereocenters. The number of nitrogens with one attached hydrogen (secondary N) is 1. The highest BCUT2D eigenvalue weighted by atomic mass is 16.1. The lowest BCUT2D eigenvalue weighted by molar-refractivity contribution is 0.602. The second kappa shape index (κ2) is 4.76. The van der Waals surface area contributed by atoms with Crippen LogP contribution in [0.15, 0.2) is 23.4 Å². The molecule has 0 radical (unpaired) electrons. The SMILES string of the molecule is CC(C)c1cc(=O)[nH]c(-c2cncn2C(C)C)n1. The first-order valence-electron chi connectivity index (χ1n) is 6.12. The van der Waals surface area contributed by atoms with E-state index in [1.807, 2.05) is 18.4 Å². The van der Waals surface area contributed by atoms with Crippen molar-refractivity contribution in [2.75, 3.05) is 0 Å². The normalized spacial score (nSPS) is 11.4. The number of nitrogens with zero attached hydrogens (tertiary/aromatic N) is 3. The van der Waals surface area contributed by atoms with Crippen LogP contribution < -0.4 is 5.56 Å². The molecule has 5 heteroatoms. The van der Waals surface area contributed by atoms with Gasteiger partial charge in [-0.3, -0.25) is 4.79 Å². The van der Waals surface area contributed by atoms with Gasteiger partial charge in [-0.15, -0.1) is 0 Å². The molecule has 0 saturated carbocycles. The molecule has 0 aliphatic rings. The summed E-state index contributed by atoms with van der Waals surface area (Å²) in [5.74, 6) is 0.805. The molecule has 2 rings (SSSR count). The van der Waals surface area contributed by atoms with Crippen molar-refractivity contribution in [1.29, 1.82) is 0 Å². The molecule has 1 N–H and O–H groups in total. The standard InChI is InChI=1S/C13H18N4O/c1-8(2)10-5-12(18)16-13(15-10)11-6-14-7-17(11)9(3)4/h5-9H,1-4H3,(H,15,16,18). The highest BCUT2D eigenvalue weighted by molar-refractivity contribution is 5.48. The summed E-state index contributed by atoms with van der Waals surface area (Å²) in [4.78, 5) is 23.1. The monoisotopic (exact) mass is 246 g/mol. The Morgan fingerprint density at radius 1 is 1.28 bits per heavy atom. The fourth-order valence-electron chi connectivity index (χ4n) is 1.79. The van der Waals surface area contributed by atoms with Crippen LogP contribution in [0.5, 0.6) is 0 Å². The predicted molar refractivity (Wildman–Crippen MR) is 70.6 cm³/mol. The van der Waals surface area contributed by atoms with Crippen LogP contribution in [0.2, 0.25) is 0 Å². The predicted octanol–water partition coefficient (Wildman–Crippen LogP) is 2.34. The van der Waals surface area contributed by atoms with E-state index in [2.05, 4.69) is 28.8 Å².